The molecule has 0 aliphatic carbocycles. The highest BCUT2D eigenvalue weighted by atomic mass is 32.2. The lowest BCUT2D eigenvalue weighted by atomic mass is 10.3. The first kappa shape index (κ1) is 13.1. The quantitative estimate of drug-likeness (QED) is 0.669. The van der Waals surface area contributed by atoms with Gasteiger partial charge in [0.05, 0.1) is 38.2 Å². The first-order valence-corrected chi connectivity index (χ1v) is 7.39. The molecule has 1 aliphatic rings. The molecule has 8 heteroatoms. The largest absolute Gasteiger partial charge is 0.315 e. The van der Waals surface area contributed by atoms with E-state index in [4.69, 9.17) is 0 Å². The van der Waals surface area contributed by atoms with Crippen molar-refractivity contribution >= 4 is 27.5 Å². The first-order chi connectivity index (χ1) is 9.65. The Bertz CT molecular complexity index is 700. The minimum absolute atomic E-state index is 0.0272. The maximum Gasteiger partial charge on any atom is 0.271 e. The van der Waals surface area contributed by atoms with E-state index in [1.54, 1.807) is 0 Å². The predicted molar refractivity (Wildman–Crippen MR) is 73.9 cm³/mol. The molecule has 0 bridgehead atoms. The van der Waals surface area contributed by atoms with Gasteiger partial charge >= 0.3 is 0 Å². The van der Waals surface area contributed by atoms with Gasteiger partial charge in [-0.25, -0.2) is 4.98 Å². The average Bonchev–Trinajstić information content (AvgIpc) is 2.99. The molecule has 2 atom stereocenters. The van der Waals surface area contributed by atoms with E-state index < -0.39 is 15.7 Å². The van der Waals surface area contributed by atoms with Crippen LogP contribution in [-0.4, -0.2) is 37.4 Å². The molecule has 1 aliphatic heterocycles. The van der Waals surface area contributed by atoms with Crippen molar-refractivity contribution < 1.29 is 9.13 Å². The Morgan fingerprint density at radius 2 is 2.25 bits per heavy atom. The van der Waals surface area contributed by atoms with E-state index in [2.05, 4.69) is 15.3 Å². The molecular formula is C12H12N4O3S. The van der Waals surface area contributed by atoms with Crippen molar-refractivity contribution in [3.8, 4) is 0 Å². The summed E-state index contributed by atoms with van der Waals surface area (Å²) in [5.41, 5.74) is 0.928. The van der Waals surface area contributed by atoms with Crippen LogP contribution in [0.4, 0.5) is 5.69 Å². The zero-order valence-electron chi connectivity index (χ0n) is 10.5. The second-order valence-electron chi connectivity index (χ2n) is 4.55. The molecule has 104 valence electrons. The van der Waals surface area contributed by atoms with Crippen LogP contribution in [0.3, 0.4) is 0 Å². The fraction of sp³-hybridized carbons (Fsp3) is 0.333. The van der Waals surface area contributed by atoms with Gasteiger partial charge in [0.1, 0.15) is 5.03 Å². The Morgan fingerprint density at radius 3 is 2.95 bits per heavy atom. The van der Waals surface area contributed by atoms with Crippen LogP contribution in [0, 0.1) is 10.1 Å². The SMILES string of the molecule is O=[N+]([O-])c1ccc2nc(S(=O)C3CCNC3)cnc2c1. The summed E-state index contributed by atoms with van der Waals surface area (Å²) in [6.45, 7) is 1.58. The van der Waals surface area contributed by atoms with E-state index in [1.807, 2.05) is 0 Å². The van der Waals surface area contributed by atoms with Crippen molar-refractivity contribution in [2.45, 2.75) is 16.7 Å². The Balaban J connectivity index is 1.96. The predicted octanol–water partition coefficient (Wildman–Crippen LogP) is 1.01. The van der Waals surface area contributed by atoms with Crippen molar-refractivity contribution in [1.82, 2.24) is 15.3 Å². The molecule has 1 N–H and O–H groups in total. The lowest BCUT2D eigenvalue weighted by Gasteiger charge is -2.07. The van der Waals surface area contributed by atoms with Gasteiger partial charge in [0.25, 0.3) is 5.69 Å². The van der Waals surface area contributed by atoms with E-state index in [-0.39, 0.29) is 10.9 Å². The molecular weight excluding hydrogens is 280 g/mol. The summed E-state index contributed by atoms with van der Waals surface area (Å²) in [4.78, 5) is 18.7. The third-order valence-corrected chi connectivity index (χ3v) is 4.86. The van der Waals surface area contributed by atoms with Crippen LogP contribution in [0.25, 0.3) is 11.0 Å². The molecule has 3 rings (SSSR count). The highest BCUT2D eigenvalue weighted by Gasteiger charge is 2.23. The Kier molecular flexibility index (Phi) is 3.41. The standard InChI is InChI=1S/C12H12N4O3S/c17-16(18)8-1-2-10-11(5-8)14-7-12(15-10)20(19)9-3-4-13-6-9/h1-2,5,7,9,13H,3-4,6H2. The van der Waals surface area contributed by atoms with Crippen molar-refractivity contribution in [2.24, 2.45) is 0 Å². The number of fused-ring (bicyclic) bond motifs is 1. The summed E-state index contributed by atoms with van der Waals surface area (Å²) in [7, 11) is -1.20. The Morgan fingerprint density at radius 1 is 1.40 bits per heavy atom. The zero-order valence-corrected chi connectivity index (χ0v) is 11.3. The molecule has 1 fully saturated rings. The summed E-state index contributed by atoms with van der Waals surface area (Å²) in [6, 6.07) is 4.28. The molecule has 0 amide bonds. The summed E-state index contributed by atoms with van der Waals surface area (Å²) in [6.07, 6.45) is 2.30. The fourth-order valence-corrected chi connectivity index (χ4v) is 3.46. The maximum atomic E-state index is 12.3. The molecule has 2 heterocycles. The van der Waals surface area contributed by atoms with Crippen LogP contribution >= 0.6 is 0 Å². The van der Waals surface area contributed by atoms with Crippen LogP contribution in [0.1, 0.15) is 6.42 Å². The number of nitro groups is 1. The summed E-state index contributed by atoms with van der Waals surface area (Å²) in [5.74, 6) is 0. The number of hydrogen-bond acceptors (Lipinski definition) is 6. The molecule has 2 aromatic rings. The minimum atomic E-state index is -1.20. The minimum Gasteiger partial charge on any atom is -0.315 e. The summed E-state index contributed by atoms with van der Waals surface area (Å²) in [5, 5.41) is 14.3. The van der Waals surface area contributed by atoms with Gasteiger partial charge in [-0.2, -0.15) is 0 Å². The highest BCUT2D eigenvalue weighted by molar-refractivity contribution is 7.85. The third-order valence-electron chi connectivity index (χ3n) is 3.24. The van der Waals surface area contributed by atoms with E-state index in [0.717, 1.165) is 13.0 Å². The van der Waals surface area contributed by atoms with Crippen LogP contribution < -0.4 is 5.32 Å². The Labute approximate surface area is 117 Å². The molecule has 1 aromatic heterocycles. The zero-order chi connectivity index (χ0) is 14.1. The summed E-state index contributed by atoms with van der Waals surface area (Å²) >= 11 is 0. The smallest absolute Gasteiger partial charge is 0.271 e. The Hall–Kier alpha value is -1.93. The first-order valence-electron chi connectivity index (χ1n) is 6.17. The number of hydrogen-bond donors (Lipinski definition) is 1. The lowest BCUT2D eigenvalue weighted by molar-refractivity contribution is -0.384. The number of rotatable bonds is 3. The van der Waals surface area contributed by atoms with Gasteiger partial charge in [-0.05, 0) is 19.0 Å². The van der Waals surface area contributed by atoms with E-state index in [0.29, 0.717) is 22.6 Å². The molecule has 20 heavy (non-hydrogen) atoms. The average molecular weight is 292 g/mol. The van der Waals surface area contributed by atoms with Gasteiger partial charge in [0.15, 0.2) is 0 Å². The second kappa shape index (κ2) is 5.22. The molecule has 1 saturated heterocycles. The normalized spacial score (nSPS) is 20.1. The number of benzene rings is 1. The topological polar surface area (TPSA) is 98.0 Å². The van der Waals surface area contributed by atoms with Crippen molar-refractivity contribution in [3.63, 3.8) is 0 Å². The van der Waals surface area contributed by atoms with Crippen LogP contribution in [-0.2, 0) is 10.8 Å². The summed E-state index contributed by atoms with van der Waals surface area (Å²) < 4.78 is 12.3. The van der Waals surface area contributed by atoms with Crippen molar-refractivity contribution in [2.75, 3.05) is 13.1 Å². The van der Waals surface area contributed by atoms with Gasteiger partial charge in [-0.15, -0.1) is 0 Å². The van der Waals surface area contributed by atoms with Crippen LogP contribution in [0.2, 0.25) is 0 Å². The number of nitro benzene ring substituents is 1. The van der Waals surface area contributed by atoms with Crippen LogP contribution in [0.15, 0.2) is 29.4 Å². The lowest BCUT2D eigenvalue weighted by Crippen LogP contribution is -2.19. The molecule has 0 saturated carbocycles. The molecule has 0 spiro atoms. The van der Waals surface area contributed by atoms with Gasteiger partial charge in [-0.1, -0.05) is 0 Å². The number of aromatic nitrogens is 2. The highest BCUT2D eigenvalue weighted by Crippen LogP contribution is 2.20. The molecule has 2 unspecified atom stereocenters. The van der Waals surface area contributed by atoms with Gasteiger partial charge in [-0.3, -0.25) is 19.3 Å². The van der Waals surface area contributed by atoms with Crippen molar-refractivity contribution in [1.29, 1.82) is 0 Å². The number of non-ortho nitro benzene ring substituents is 1. The number of nitrogens with zero attached hydrogens (tertiary/aromatic N) is 3. The van der Waals surface area contributed by atoms with Crippen molar-refractivity contribution in [3.05, 3.63) is 34.5 Å². The van der Waals surface area contributed by atoms with E-state index >= 15 is 0 Å². The maximum absolute atomic E-state index is 12.3. The molecule has 0 radical (unpaired) electrons. The fourth-order valence-electron chi connectivity index (χ4n) is 2.17. The van der Waals surface area contributed by atoms with E-state index in [1.165, 1.54) is 24.4 Å². The second-order valence-corrected chi connectivity index (χ2v) is 6.23. The van der Waals surface area contributed by atoms with Crippen LogP contribution in [0.5, 0.6) is 0 Å². The molecule has 1 aromatic carbocycles. The van der Waals surface area contributed by atoms with Gasteiger partial charge in [0.2, 0.25) is 0 Å². The van der Waals surface area contributed by atoms with E-state index in [9.17, 15) is 14.3 Å². The van der Waals surface area contributed by atoms with Gasteiger partial charge < -0.3 is 5.32 Å². The monoisotopic (exact) mass is 292 g/mol. The number of nitrogens with one attached hydrogen (secondary N) is 1. The third kappa shape index (κ3) is 2.39. The van der Waals surface area contributed by atoms with Gasteiger partial charge in [0, 0.05) is 18.7 Å². The molecule has 7 nitrogen and oxygen atoms in total.